The molecule has 0 radical (unpaired) electrons. The number of benzene rings is 2. The fourth-order valence-electron chi connectivity index (χ4n) is 2.83. The standard InChI is InChI=1S/C19H14F3N5O2/c20-10-1-4-12(5-2-10)27-17(18(24)28)8-15(26-27)19(29)25-16(9-23)13-6-3-11(21)7-14(13)22/h1-7,16-17H,8H2,(H2,24,28)(H,25,29). The minimum Gasteiger partial charge on any atom is -0.368 e. The molecule has 1 heterocycles. The monoisotopic (exact) mass is 401 g/mol. The summed E-state index contributed by atoms with van der Waals surface area (Å²) < 4.78 is 40.1. The molecule has 0 saturated heterocycles. The molecule has 0 fully saturated rings. The van der Waals surface area contributed by atoms with E-state index in [-0.39, 0.29) is 17.7 Å². The van der Waals surface area contributed by atoms with Crippen molar-refractivity contribution in [3.8, 4) is 6.07 Å². The first-order valence-electron chi connectivity index (χ1n) is 8.37. The maximum Gasteiger partial charge on any atom is 0.268 e. The van der Waals surface area contributed by atoms with Crippen LogP contribution in [-0.4, -0.2) is 23.6 Å². The Morgan fingerprint density at radius 3 is 2.41 bits per heavy atom. The largest absolute Gasteiger partial charge is 0.368 e. The summed E-state index contributed by atoms with van der Waals surface area (Å²) in [5.41, 5.74) is 5.36. The van der Waals surface area contributed by atoms with Gasteiger partial charge in [-0.1, -0.05) is 6.07 Å². The lowest BCUT2D eigenvalue weighted by Crippen LogP contribution is -2.40. The first-order chi connectivity index (χ1) is 13.8. The molecule has 2 atom stereocenters. The van der Waals surface area contributed by atoms with E-state index in [0.29, 0.717) is 11.8 Å². The molecule has 3 N–H and O–H groups in total. The van der Waals surface area contributed by atoms with Crippen LogP contribution in [0.3, 0.4) is 0 Å². The molecule has 0 aromatic heterocycles. The van der Waals surface area contributed by atoms with Crippen LogP contribution in [0.1, 0.15) is 18.0 Å². The van der Waals surface area contributed by atoms with Crippen LogP contribution in [0, 0.1) is 28.8 Å². The lowest BCUT2D eigenvalue weighted by Gasteiger charge is -2.20. The Hall–Kier alpha value is -3.87. The fourth-order valence-corrected chi connectivity index (χ4v) is 2.83. The van der Waals surface area contributed by atoms with Crippen LogP contribution >= 0.6 is 0 Å². The van der Waals surface area contributed by atoms with Gasteiger partial charge in [-0.2, -0.15) is 10.4 Å². The Balaban J connectivity index is 1.84. The van der Waals surface area contributed by atoms with Crippen molar-refractivity contribution in [2.24, 2.45) is 10.8 Å². The normalized spacial score (nSPS) is 16.7. The molecule has 0 aliphatic carbocycles. The average molecular weight is 401 g/mol. The highest BCUT2D eigenvalue weighted by molar-refractivity contribution is 6.40. The van der Waals surface area contributed by atoms with Gasteiger partial charge in [0.05, 0.1) is 11.8 Å². The number of carbonyl (C=O) groups excluding carboxylic acids is 2. The number of hydrogen-bond acceptors (Lipinski definition) is 5. The Morgan fingerprint density at radius 2 is 1.83 bits per heavy atom. The summed E-state index contributed by atoms with van der Waals surface area (Å²) in [6.45, 7) is 0. The van der Waals surface area contributed by atoms with E-state index >= 15 is 0 Å². The highest BCUT2D eigenvalue weighted by Gasteiger charge is 2.35. The Morgan fingerprint density at radius 1 is 1.17 bits per heavy atom. The SMILES string of the molecule is N#CC(NC(=O)C1=NN(c2ccc(F)cc2)C(C(N)=O)C1)c1ccc(F)cc1F. The van der Waals surface area contributed by atoms with Crippen LogP contribution in [0.4, 0.5) is 18.9 Å². The second-order valence-electron chi connectivity index (χ2n) is 6.19. The Kier molecular flexibility index (Phi) is 5.50. The first-order valence-corrected chi connectivity index (χ1v) is 8.37. The number of anilines is 1. The minimum absolute atomic E-state index is 0.124. The number of hydrogen-bond donors (Lipinski definition) is 2. The number of amides is 2. The second-order valence-corrected chi connectivity index (χ2v) is 6.19. The van der Waals surface area contributed by atoms with E-state index in [2.05, 4.69) is 10.4 Å². The summed E-state index contributed by atoms with van der Waals surface area (Å²) in [7, 11) is 0. The second kappa shape index (κ2) is 8.02. The first kappa shape index (κ1) is 19.9. The van der Waals surface area contributed by atoms with Crippen molar-refractivity contribution < 1.29 is 22.8 Å². The summed E-state index contributed by atoms with van der Waals surface area (Å²) in [6, 6.07) is 6.96. The zero-order chi connectivity index (χ0) is 21.1. The topological polar surface area (TPSA) is 112 Å². The van der Waals surface area contributed by atoms with Crippen molar-refractivity contribution >= 4 is 23.2 Å². The highest BCUT2D eigenvalue weighted by Crippen LogP contribution is 2.25. The van der Waals surface area contributed by atoms with Crippen molar-refractivity contribution in [1.29, 1.82) is 5.26 Å². The number of hydrazone groups is 1. The summed E-state index contributed by atoms with van der Waals surface area (Å²) in [5.74, 6) is -3.90. The number of nitriles is 1. The fraction of sp³-hybridized carbons (Fsp3) is 0.158. The molecule has 3 rings (SSSR count). The molecule has 1 aliphatic rings. The van der Waals surface area contributed by atoms with E-state index in [0.717, 1.165) is 24.3 Å². The lowest BCUT2D eigenvalue weighted by molar-refractivity contribution is -0.119. The van der Waals surface area contributed by atoms with Gasteiger partial charge in [-0.15, -0.1) is 0 Å². The summed E-state index contributed by atoms with van der Waals surface area (Å²) in [5, 5.41) is 16.8. The van der Waals surface area contributed by atoms with E-state index in [9.17, 15) is 28.0 Å². The number of rotatable bonds is 5. The predicted molar refractivity (Wildman–Crippen MR) is 96.8 cm³/mol. The molecular formula is C19H14F3N5O2. The van der Waals surface area contributed by atoms with Gasteiger partial charge in [0, 0.05) is 18.1 Å². The minimum atomic E-state index is -1.40. The van der Waals surface area contributed by atoms with E-state index in [4.69, 9.17) is 5.73 Å². The van der Waals surface area contributed by atoms with Crippen molar-refractivity contribution in [2.45, 2.75) is 18.5 Å². The molecule has 0 bridgehead atoms. The molecule has 10 heteroatoms. The van der Waals surface area contributed by atoms with E-state index in [1.807, 2.05) is 0 Å². The van der Waals surface area contributed by atoms with E-state index in [1.165, 1.54) is 17.1 Å². The van der Waals surface area contributed by atoms with Gasteiger partial charge in [-0.25, -0.2) is 13.2 Å². The van der Waals surface area contributed by atoms with Gasteiger partial charge in [-0.05, 0) is 30.3 Å². The number of carbonyl (C=O) groups is 2. The van der Waals surface area contributed by atoms with Gasteiger partial charge in [0.15, 0.2) is 0 Å². The molecule has 7 nitrogen and oxygen atoms in total. The molecule has 148 valence electrons. The van der Waals surface area contributed by atoms with Crippen molar-refractivity contribution in [3.63, 3.8) is 0 Å². The molecular weight excluding hydrogens is 387 g/mol. The quantitative estimate of drug-likeness (QED) is 0.797. The zero-order valence-corrected chi connectivity index (χ0v) is 14.8. The maximum absolute atomic E-state index is 13.9. The van der Waals surface area contributed by atoms with E-state index < -0.39 is 41.3 Å². The number of nitrogens with zero attached hydrogens (tertiary/aromatic N) is 3. The zero-order valence-electron chi connectivity index (χ0n) is 14.8. The number of primary amides is 1. The van der Waals surface area contributed by atoms with Gasteiger partial charge in [0.2, 0.25) is 5.91 Å². The Labute approximate surface area is 163 Å². The Bertz CT molecular complexity index is 1030. The van der Waals surface area contributed by atoms with Gasteiger partial charge < -0.3 is 11.1 Å². The number of nitrogens with two attached hydrogens (primary N) is 1. The average Bonchev–Trinajstić information content (AvgIpc) is 3.13. The number of halogens is 3. The smallest absolute Gasteiger partial charge is 0.268 e. The van der Waals surface area contributed by atoms with E-state index in [1.54, 1.807) is 6.07 Å². The van der Waals surface area contributed by atoms with Crippen LogP contribution in [0.2, 0.25) is 0 Å². The maximum atomic E-state index is 13.9. The predicted octanol–water partition coefficient (Wildman–Crippen LogP) is 1.90. The third kappa shape index (κ3) is 4.19. The van der Waals surface area contributed by atoms with Gasteiger partial charge in [0.25, 0.3) is 5.91 Å². The van der Waals surface area contributed by atoms with Crippen LogP contribution < -0.4 is 16.1 Å². The molecule has 2 aromatic rings. The third-order valence-corrected chi connectivity index (χ3v) is 4.27. The van der Waals surface area contributed by atoms with Crippen LogP contribution in [0.5, 0.6) is 0 Å². The lowest BCUT2D eigenvalue weighted by atomic mass is 10.1. The summed E-state index contributed by atoms with van der Waals surface area (Å²) in [4.78, 5) is 24.3. The number of nitrogens with one attached hydrogen (secondary N) is 1. The summed E-state index contributed by atoms with van der Waals surface area (Å²) in [6.07, 6.45) is -0.164. The van der Waals surface area contributed by atoms with Crippen LogP contribution in [-0.2, 0) is 9.59 Å². The molecule has 0 saturated carbocycles. The molecule has 2 aromatic carbocycles. The van der Waals surface area contributed by atoms with Crippen molar-refractivity contribution in [2.75, 3.05) is 5.01 Å². The third-order valence-electron chi connectivity index (χ3n) is 4.27. The molecule has 1 aliphatic heterocycles. The summed E-state index contributed by atoms with van der Waals surface area (Å²) >= 11 is 0. The van der Waals surface area contributed by atoms with Crippen molar-refractivity contribution in [3.05, 3.63) is 65.5 Å². The van der Waals surface area contributed by atoms with Gasteiger partial charge in [-0.3, -0.25) is 14.6 Å². The van der Waals surface area contributed by atoms with Crippen LogP contribution in [0.25, 0.3) is 0 Å². The molecule has 2 amide bonds. The van der Waals surface area contributed by atoms with Crippen LogP contribution in [0.15, 0.2) is 47.6 Å². The van der Waals surface area contributed by atoms with Gasteiger partial charge >= 0.3 is 0 Å². The highest BCUT2D eigenvalue weighted by atomic mass is 19.1. The molecule has 29 heavy (non-hydrogen) atoms. The van der Waals surface area contributed by atoms with Crippen molar-refractivity contribution in [1.82, 2.24) is 5.32 Å². The molecule has 0 spiro atoms. The molecule has 2 unspecified atom stereocenters. The van der Waals surface area contributed by atoms with Gasteiger partial charge in [0.1, 0.15) is 35.2 Å².